The highest BCUT2D eigenvalue weighted by atomic mass is 19.1. The number of carbonyl (C=O) groups is 1. The second-order valence-corrected chi connectivity index (χ2v) is 5.97. The van der Waals surface area contributed by atoms with Crippen molar-refractivity contribution in [2.45, 2.75) is 0 Å². The molecule has 0 bridgehead atoms. The third kappa shape index (κ3) is 3.37. The van der Waals surface area contributed by atoms with Crippen LogP contribution in [0.25, 0.3) is 16.9 Å². The number of hydrogen-bond donors (Lipinski definition) is 1. The third-order valence-corrected chi connectivity index (χ3v) is 4.19. The van der Waals surface area contributed by atoms with Crippen molar-refractivity contribution in [3.8, 4) is 17.0 Å². The van der Waals surface area contributed by atoms with Gasteiger partial charge in [-0.25, -0.2) is 9.37 Å². The lowest BCUT2D eigenvalue weighted by Crippen LogP contribution is -2.13. The molecule has 0 aliphatic rings. The van der Waals surface area contributed by atoms with E-state index in [0.717, 1.165) is 0 Å². The lowest BCUT2D eigenvalue weighted by molar-refractivity contribution is 0.102. The van der Waals surface area contributed by atoms with Crippen LogP contribution >= 0.6 is 0 Å². The number of imidazole rings is 1. The number of rotatable bonds is 4. The first-order chi connectivity index (χ1) is 13.1. The summed E-state index contributed by atoms with van der Waals surface area (Å²) >= 11 is 0. The van der Waals surface area contributed by atoms with Gasteiger partial charge in [-0.2, -0.15) is 0 Å². The number of nitrogens with zero attached hydrogens (tertiary/aromatic N) is 2. The smallest absolute Gasteiger partial charge is 0.257 e. The number of benzene rings is 2. The summed E-state index contributed by atoms with van der Waals surface area (Å²) < 4.78 is 20.5. The van der Waals surface area contributed by atoms with Gasteiger partial charge in [0.1, 0.15) is 17.2 Å². The van der Waals surface area contributed by atoms with Gasteiger partial charge in [0.15, 0.2) is 0 Å². The molecule has 134 valence electrons. The molecule has 0 atom stereocenters. The number of pyridine rings is 1. The number of carbonyl (C=O) groups excluding carboxylic acids is 1. The van der Waals surface area contributed by atoms with E-state index in [4.69, 9.17) is 4.74 Å². The number of hydrogen-bond acceptors (Lipinski definition) is 3. The quantitative estimate of drug-likeness (QED) is 0.586. The minimum atomic E-state index is -0.318. The Labute approximate surface area is 155 Å². The molecule has 6 heteroatoms. The molecule has 0 fully saturated rings. The van der Waals surface area contributed by atoms with Crippen molar-refractivity contribution >= 4 is 17.2 Å². The van der Waals surface area contributed by atoms with E-state index >= 15 is 0 Å². The van der Waals surface area contributed by atoms with Crippen LogP contribution in [0.15, 0.2) is 73.1 Å². The minimum Gasteiger partial charge on any atom is -0.495 e. The van der Waals surface area contributed by atoms with Gasteiger partial charge in [-0.1, -0.05) is 24.3 Å². The number of anilines is 1. The molecule has 1 amide bonds. The van der Waals surface area contributed by atoms with Crippen molar-refractivity contribution in [1.82, 2.24) is 9.38 Å². The zero-order valence-electron chi connectivity index (χ0n) is 14.5. The van der Waals surface area contributed by atoms with Crippen molar-refractivity contribution < 1.29 is 13.9 Å². The highest BCUT2D eigenvalue weighted by Crippen LogP contribution is 2.24. The fourth-order valence-corrected chi connectivity index (χ4v) is 2.86. The highest BCUT2D eigenvalue weighted by Gasteiger charge is 2.12. The molecular formula is C21H16FN3O2. The number of para-hydroxylation sites is 2. The summed E-state index contributed by atoms with van der Waals surface area (Å²) in [6.45, 7) is 0. The second-order valence-electron chi connectivity index (χ2n) is 5.97. The highest BCUT2D eigenvalue weighted by molar-refractivity contribution is 6.05. The van der Waals surface area contributed by atoms with E-state index in [-0.39, 0.29) is 11.7 Å². The zero-order chi connectivity index (χ0) is 18.8. The molecule has 2 heterocycles. The first-order valence-electron chi connectivity index (χ1n) is 8.33. The van der Waals surface area contributed by atoms with Crippen LogP contribution in [0.5, 0.6) is 5.75 Å². The normalized spacial score (nSPS) is 10.7. The molecule has 0 saturated carbocycles. The summed E-state index contributed by atoms with van der Waals surface area (Å²) in [4.78, 5) is 17.1. The first kappa shape index (κ1) is 16.8. The molecule has 27 heavy (non-hydrogen) atoms. The van der Waals surface area contributed by atoms with Gasteiger partial charge < -0.3 is 14.5 Å². The summed E-state index contributed by atoms with van der Waals surface area (Å²) in [5.41, 5.74) is 3.05. The van der Waals surface area contributed by atoms with Crippen LogP contribution in [0.1, 0.15) is 10.4 Å². The standard InChI is InChI=1S/C21H16FN3O2/c1-27-19-8-3-2-7-17(19)24-21(26)15-9-10-20-23-18(13-25(20)12-15)14-5-4-6-16(22)11-14/h2-13H,1H3,(H,24,26). The SMILES string of the molecule is COc1ccccc1NC(=O)c1ccc2nc(-c3cccc(F)c3)cn2c1. The average Bonchev–Trinajstić information content (AvgIpc) is 3.12. The van der Waals surface area contributed by atoms with E-state index in [0.29, 0.717) is 33.9 Å². The van der Waals surface area contributed by atoms with E-state index in [1.165, 1.54) is 12.1 Å². The monoisotopic (exact) mass is 361 g/mol. The molecule has 1 N–H and O–H groups in total. The van der Waals surface area contributed by atoms with E-state index in [2.05, 4.69) is 10.3 Å². The van der Waals surface area contributed by atoms with E-state index in [1.807, 2.05) is 12.1 Å². The van der Waals surface area contributed by atoms with Crippen LogP contribution in [0.4, 0.5) is 10.1 Å². The van der Waals surface area contributed by atoms with Crippen molar-refractivity contribution in [1.29, 1.82) is 0 Å². The fraction of sp³-hybridized carbons (Fsp3) is 0.0476. The fourth-order valence-electron chi connectivity index (χ4n) is 2.86. The molecule has 2 aromatic carbocycles. The van der Waals surface area contributed by atoms with Crippen molar-refractivity contribution in [2.75, 3.05) is 12.4 Å². The number of fused-ring (bicyclic) bond motifs is 1. The summed E-state index contributed by atoms with van der Waals surface area (Å²) in [6.07, 6.45) is 3.46. The van der Waals surface area contributed by atoms with E-state index in [1.54, 1.807) is 60.3 Å². The predicted molar refractivity (Wildman–Crippen MR) is 102 cm³/mol. The molecule has 5 nitrogen and oxygen atoms in total. The van der Waals surface area contributed by atoms with Gasteiger partial charge in [0.2, 0.25) is 0 Å². The molecule has 4 rings (SSSR count). The number of amides is 1. The average molecular weight is 361 g/mol. The van der Waals surface area contributed by atoms with Crippen molar-refractivity contribution in [3.63, 3.8) is 0 Å². The van der Waals surface area contributed by atoms with Crippen LogP contribution in [-0.4, -0.2) is 22.4 Å². The van der Waals surface area contributed by atoms with Crippen molar-refractivity contribution in [2.24, 2.45) is 0 Å². The Bertz CT molecular complexity index is 1140. The van der Waals surface area contributed by atoms with Crippen molar-refractivity contribution in [3.05, 3.63) is 84.4 Å². The molecule has 0 aliphatic carbocycles. The van der Waals surface area contributed by atoms with Gasteiger partial charge in [0, 0.05) is 18.0 Å². The van der Waals surface area contributed by atoms with Crippen LogP contribution in [0, 0.1) is 5.82 Å². The number of aromatic nitrogens is 2. The maximum atomic E-state index is 13.4. The van der Waals surface area contributed by atoms with E-state index < -0.39 is 0 Å². The van der Waals surface area contributed by atoms with Gasteiger partial charge in [-0.3, -0.25) is 4.79 Å². The molecule has 0 aliphatic heterocycles. The molecule has 0 spiro atoms. The number of halogens is 1. The predicted octanol–water partition coefficient (Wildman–Crippen LogP) is 4.40. The third-order valence-electron chi connectivity index (χ3n) is 4.19. The maximum Gasteiger partial charge on any atom is 0.257 e. The molecule has 0 saturated heterocycles. The summed E-state index contributed by atoms with van der Waals surface area (Å²) in [7, 11) is 1.55. The largest absolute Gasteiger partial charge is 0.495 e. The molecule has 0 radical (unpaired) electrons. The topological polar surface area (TPSA) is 55.6 Å². The Kier molecular flexibility index (Phi) is 4.30. The van der Waals surface area contributed by atoms with Gasteiger partial charge in [0.05, 0.1) is 24.1 Å². The number of ether oxygens (including phenoxy) is 1. The van der Waals surface area contributed by atoms with Gasteiger partial charge in [0.25, 0.3) is 5.91 Å². The Morgan fingerprint density at radius 2 is 1.93 bits per heavy atom. The Morgan fingerprint density at radius 3 is 2.74 bits per heavy atom. The Hall–Kier alpha value is -3.67. The van der Waals surface area contributed by atoms with Crippen LogP contribution in [0.2, 0.25) is 0 Å². The number of methoxy groups -OCH3 is 1. The zero-order valence-corrected chi connectivity index (χ0v) is 14.5. The molecular weight excluding hydrogens is 345 g/mol. The lowest BCUT2D eigenvalue weighted by Gasteiger charge is -2.09. The number of nitrogens with one attached hydrogen (secondary N) is 1. The van der Waals surface area contributed by atoms with Crippen LogP contribution in [0.3, 0.4) is 0 Å². The lowest BCUT2D eigenvalue weighted by atomic mass is 10.2. The van der Waals surface area contributed by atoms with E-state index in [9.17, 15) is 9.18 Å². The Balaban J connectivity index is 1.64. The summed E-state index contributed by atoms with van der Waals surface area (Å²) in [6, 6.07) is 16.9. The second kappa shape index (κ2) is 6.92. The molecule has 2 aromatic heterocycles. The Morgan fingerprint density at radius 1 is 1.07 bits per heavy atom. The minimum absolute atomic E-state index is 0.262. The van der Waals surface area contributed by atoms with Gasteiger partial charge >= 0.3 is 0 Å². The summed E-state index contributed by atoms with van der Waals surface area (Å²) in [5.74, 6) is 0.00628. The summed E-state index contributed by atoms with van der Waals surface area (Å²) in [5, 5.41) is 2.84. The van der Waals surface area contributed by atoms with Gasteiger partial charge in [-0.05, 0) is 36.4 Å². The van der Waals surface area contributed by atoms with Gasteiger partial charge in [-0.15, -0.1) is 0 Å². The van der Waals surface area contributed by atoms with Crippen LogP contribution in [-0.2, 0) is 0 Å². The van der Waals surface area contributed by atoms with Crippen LogP contribution < -0.4 is 10.1 Å². The molecule has 4 aromatic rings. The molecule has 0 unspecified atom stereocenters. The first-order valence-corrected chi connectivity index (χ1v) is 8.33. The maximum absolute atomic E-state index is 13.4.